The van der Waals surface area contributed by atoms with E-state index in [1.54, 1.807) is 25.1 Å². The Morgan fingerprint density at radius 2 is 1.80 bits per heavy atom. The van der Waals surface area contributed by atoms with Crippen LogP contribution in [-0.2, 0) is 16.1 Å². The lowest BCUT2D eigenvalue weighted by molar-refractivity contribution is -0.384. The van der Waals surface area contributed by atoms with Crippen LogP contribution in [0.3, 0.4) is 0 Å². The Hall–Kier alpha value is -3.82. The number of carbonyl (C=O) groups is 2. The average molecular weight is 417 g/mol. The van der Waals surface area contributed by atoms with Crippen molar-refractivity contribution >= 4 is 23.3 Å². The normalized spacial score (nSPS) is 10.2. The van der Waals surface area contributed by atoms with E-state index in [0.29, 0.717) is 18.0 Å². The zero-order valence-electron chi connectivity index (χ0n) is 16.9. The number of carbonyl (C=O) groups excluding carboxylic acids is 2. The Bertz CT molecular complexity index is 946. The minimum absolute atomic E-state index is 0.0451. The molecule has 0 aliphatic carbocycles. The number of anilines is 1. The van der Waals surface area contributed by atoms with Crippen molar-refractivity contribution in [1.29, 1.82) is 0 Å². The summed E-state index contributed by atoms with van der Waals surface area (Å²) in [5.74, 6) is -0.122. The quantitative estimate of drug-likeness (QED) is 0.284. The van der Waals surface area contributed by atoms with Gasteiger partial charge in [0.2, 0.25) is 0 Å². The molecule has 160 valence electrons. The van der Waals surface area contributed by atoms with Gasteiger partial charge in [-0.1, -0.05) is 6.07 Å². The van der Waals surface area contributed by atoms with E-state index in [-0.39, 0.29) is 23.5 Å². The number of nitrogen functional groups attached to an aromatic ring is 1. The summed E-state index contributed by atoms with van der Waals surface area (Å²) in [4.78, 5) is 36.3. The summed E-state index contributed by atoms with van der Waals surface area (Å²) in [6, 6.07) is 8.71. The van der Waals surface area contributed by atoms with Gasteiger partial charge in [0.05, 0.1) is 30.4 Å². The first-order valence-electron chi connectivity index (χ1n) is 9.00. The number of non-ortho nitro benzene ring substituents is 1. The minimum atomic E-state index is -0.835. The molecule has 10 nitrogen and oxygen atoms in total. The number of benzene rings is 2. The number of nitro benzene ring substituents is 1. The number of rotatable bonds is 9. The molecule has 1 amide bonds. The van der Waals surface area contributed by atoms with Crippen LogP contribution < -0.4 is 15.2 Å². The molecule has 0 unspecified atom stereocenters. The highest BCUT2D eigenvalue weighted by molar-refractivity contribution is 5.96. The second-order valence-electron chi connectivity index (χ2n) is 6.20. The Morgan fingerprint density at radius 3 is 2.37 bits per heavy atom. The van der Waals surface area contributed by atoms with Crippen LogP contribution in [0, 0.1) is 10.1 Å². The third-order valence-corrected chi connectivity index (χ3v) is 4.35. The first-order valence-corrected chi connectivity index (χ1v) is 9.00. The summed E-state index contributed by atoms with van der Waals surface area (Å²) in [5, 5.41) is 10.8. The molecule has 2 aromatic carbocycles. The van der Waals surface area contributed by atoms with Crippen molar-refractivity contribution in [2.75, 3.05) is 33.1 Å². The highest BCUT2D eigenvalue weighted by Crippen LogP contribution is 2.28. The molecule has 0 aliphatic heterocycles. The lowest BCUT2D eigenvalue weighted by atomic mass is 10.1. The number of nitrogens with two attached hydrogens (primary N) is 1. The van der Waals surface area contributed by atoms with E-state index in [1.165, 1.54) is 25.2 Å². The predicted molar refractivity (Wildman–Crippen MR) is 108 cm³/mol. The summed E-state index contributed by atoms with van der Waals surface area (Å²) >= 11 is 0. The number of likely N-dealkylation sites (N-methyl/N-ethyl adjacent to an activating group) is 1. The standard InChI is InChI=1S/C20H23N3O7/c1-4-22(11-13-5-8-17(28-2)18(9-13)29-3)19(24)12-30-20(25)15-7-6-14(23(26)27)10-16(15)21/h5-10H,4,11-12,21H2,1-3H3. The van der Waals surface area contributed by atoms with Crippen LogP contribution in [-0.4, -0.2) is 49.1 Å². The Kier molecular flexibility index (Phi) is 7.56. The molecule has 2 N–H and O–H groups in total. The van der Waals surface area contributed by atoms with Crippen LogP contribution in [0.25, 0.3) is 0 Å². The van der Waals surface area contributed by atoms with Crippen LogP contribution in [0.5, 0.6) is 11.5 Å². The first-order chi connectivity index (χ1) is 14.3. The molecule has 0 fully saturated rings. The molecule has 2 aromatic rings. The predicted octanol–water partition coefficient (Wildman–Crippen LogP) is 2.40. The van der Waals surface area contributed by atoms with Crippen molar-refractivity contribution in [2.45, 2.75) is 13.5 Å². The van der Waals surface area contributed by atoms with Gasteiger partial charge in [0.15, 0.2) is 18.1 Å². The molecule has 0 spiro atoms. The highest BCUT2D eigenvalue weighted by atomic mass is 16.6. The summed E-state index contributed by atoms with van der Waals surface area (Å²) in [5.41, 5.74) is 6.11. The third-order valence-electron chi connectivity index (χ3n) is 4.35. The number of amides is 1. The van der Waals surface area contributed by atoms with Gasteiger partial charge in [-0.15, -0.1) is 0 Å². The molecule has 0 heterocycles. The molecule has 0 saturated carbocycles. The summed E-state index contributed by atoms with van der Waals surface area (Å²) < 4.78 is 15.5. The topological polar surface area (TPSA) is 134 Å². The van der Waals surface area contributed by atoms with Gasteiger partial charge < -0.3 is 24.8 Å². The third kappa shape index (κ3) is 5.37. The van der Waals surface area contributed by atoms with E-state index in [9.17, 15) is 19.7 Å². The monoisotopic (exact) mass is 417 g/mol. The van der Waals surface area contributed by atoms with E-state index in [4.69, 9.17) is 19.9 Å². The van der Waals surface area contributed by atoms with Crippen molar-refractivity contribution < 1.29 is 28.7 Å². The maximum Gasteiger partial charge on any atom is 0.340 e. The molecule has 0 bridgehead atoms. The fourth-order valence-electron chi connectivity index (χ4n) is 2.72. The molecule has 0 saturated heterocycles. The van der Waals surface area contributed by atoms with Crippen molar-refractivity contribution in [3.63, 3.8) is 0 Å². The maximum atomic E-state index is 12.5. The lowest BCUT2D eigenvalue weighted by Gasteiger charge is -2.21. The van der Waals surface area contributed by atoms with E-state index in [1.807, 2.05) is 0 Å². The van der Waals surface area contributed by atoms with Gasteiger partial charge in [-0.05, 0) is 30.7 Å². The van der Waals surface area contributed by atoms with Gasteiger partial charge in [-0.3, -0.25) is 14.9 Å². The van der Waals surface area contributed by atoms with Crippen LogP contribution >= 0.6 is 0 Å². The van der Waals surface area contributed by atoms with Crippen molar-refractivity contribution in [1.82, 2.24) is 4.90 Å². The van der Waals surface area contributed by atoms with Gasteiger partial charge in [-0.25, -0.2) is 4.79 Å². The molecule has 2 rings (SSSR count). The van der Waals surface area contributed by atoms with Crippen LogP contribution in [0.4, 0.5) is 11.4 Å². The number of esters is 1. The molecular weight excluding hydrogens is 394 g/mol. The average Bonchev–Trinajstić information content (AvgIpc) is 2.75. The molecule has 30 heavy (non-hydrogen) atoms. The second kappa shape index (κ2) is 10.1. The van der Waals surface area contributed by atoms with Gasteiger partial charge >= 0.3 is 5.97 Å². The lowest BCUT2D eigenvalue weighted by Crippen LogP contribution is -2.34. The van der Waals surface area contributed by atoms with Crippen LogP contribution in [0.15, 0.2) is 36.4 Å². The highest BCUT2D eigenvalue weighted by Gasteiger charge is 2.19. The number of hydrogen-bond acceptors (Lipinski definition) is 8. The molecule has 10 heteroatoms. The molecule has 0 aromatic heterocycles. The second-order valence-corrected chi connectivity index (χ2v) is 6.20. The van der Waals surface area contributed by atoms with Gasteiger partial charge in [0, 0.05) is 25.2 Å². The van der Waals surface area contributed by atoms with E-state index in [0.717, 1.165) is 17.7 Å². The molecule has 0 aliphatic rings. The van der Waals surface area contributed by atoms with Crippen molar-refractivity contribution in [3.8, 4) is 11.5 Å². The van der Waals surface area contributed by atoms with E-state index >= 15 is 0 Å². The number of nitro groups is 1. The van der Waals surface area contributed by atoms with Gasteiger partial charge in [0.25, 0.3) is 11.6 Å². The van der Waals surface area contributed by atoms with E-state index in [2.05, 4.69) is 0 Å². The molecule has 0 radical (unpaired) electrons. The summed E-state index contributed by atoms with van der Waals surface area (Å²) in [6.07, 6.45) is 0. The SMILES string of the molecule is CCN(Cc1ccc(OC)c(OC)c1)C(=O)COC(=O)c1ccc([N+](=O)[O-])cc1N. The number of nitrogens with zero attached hydrogens (tertiary/aromatic N) is 2. The van der Waals surface area contributed by atoms with Gasteiger partial charge in [-0.2, -0.15) is 0 Å². The molecule has 0 atom stereocenters. The number of ether oxygens (including phenoxy) is 3. The summed E-state index contributed by atoms with van der Waals surface area (Å²) in [7, 11) is 3.05. The fraction of sp³-hybridized carbons (Fsp3) is 0.300. The van der Waals surface area contributed by atoms with E-state index < -0.39 is 23.4 Å². The smallest absolute Gasteiger partial charge is 0.340 e. The number of hydrogen-bond donors (Lipinski definition) is 1. The Morgan fingerprint density at radius 1 is 1.10 bits per heavy atom. The molecular formula is C20H23N3O7. The first kappa shape index (κ1) is 22.5. The Balaban J connectivity index is 2.02. The van der Waals surface area contributed by atoms with Crippen LogP contribution in [0.1, 0.15) is 22.8 Å². The van der Waals surface area contributed by atoms with Crippen LogP contribution in [0.2, 0.25) is 0 Å². The van der Waals surface area contributed by atoms with Gasteiger partial charge in [0.1, 0.15) is 0 Å². The largest absolute Gasteiger partial charge is 0.493 e. The van der Waals surface area contributed by atoms with Crippen molar-refractivity contribution in [2.24, 2.45) is 0 Å². The zero-order valence-corrected chi connectivity index (χ0v) is 16.9. The maximum absolute atomic E-state index is 12.5. The Labute approximate surface area is 173 Å². The van der Waals surface area contributed by atoms with Crippen molar-refractivity contribution in [3.05, 3.63) is 57.6 Å². The minimum Gasteiger partial charge on any atom is -0.493 e. The number of methoxy groups -OCH3 is 2. The summed E-state index contributed by atoms with van der Waals surface area (Å²) in [6.45, 7) is 1.99. The fourth-order valence-corrected chi connectivity index (χ4v) is 2.72. The zero-order chi connectivity index (χ0) is 22.3.